The third kappa shape index (κ3) is 11.4. The fourth-order valence-electron chi connectivity index (χ4n) is 2.97. The number of rotatable bonds is 17. The molecule has 0 bridgehead atoms. The lowest BCUT2D eigenvalue weighted by molar-refractivity contribution is -0.142. The van der Waals surface area contributed by atoms with Crippen LogP contribution in [0.2, 0.25) is 0 Å². The Balaban J connectivity index is 5.05. The summed E-state index contributed by atoms with van der Waals surface area (Å²) in [7, 11) is 0. The Morgan fingerprint density at radius 3 is 1.75 bits per heavy atom. The number of nitrogens with one attached hydrogen (secondary N) is 3. The van der Waals surface area contributed by atoms with E-state index in [0.29, 0.717) is 51.6 Å². The topological polar surface area (TPSA) is 203 Å². The molecule has 0 aromatic rings. The molecule has 11 heteroatoms. The minimum absolute atomic E-state index is 0.0559. The van der Waals surface area contributed by atoms with Crippen LogP contribution >= 0.6 is 0 Å². The molecule has 0 fully saturated rings. The highest BCUT2D eigenvalue weighted by molar-refractivity contribution is 5.93. The predicted octanol–water partition coefficient (Wildman–Crippen LogP) is -0.823. The highest BCUT2D eigenvalue weighted by Gasteiger charge is 2.29. The molecule has 0 aromatic carbocycles. The van der Waals surface area contributed by atoms with Gasteiger partial charge in [-0.2, -0.15) is 0 Å². The molecule has 0 saturated heterocycles. The summed E-state index contributed by atoms with van der Waals surface area (Å²) >= 11 is 0. The van der Waals surface area contributed by atoms with Crippen LogP contribution in [0.15, 0.2) is 0 Å². The molecule has 0 rings (SSSR count). The average molecular weight is 459 g/mol. The molecule has 10 N–H and O–H groups in total. The van der Waals surface area contributed by atoms with Crippen molar-refractivity contribution in [2.45, 2.75) is 89.9 Å². The van der Waals surface area contributed by atoms with Gasteiger partial charge in [-0.25, -0.2) is 4.79 Å². The van der Waals surface area contributed by atoms with E-state index in [1.54, 1.807) is 0 Å². The van der Waals surface area contributed by atoms with E-state index in [1.165, 1.54) is 6.92 Å². The SMILES string of the molecule is CCC(C)C(N)C(=O)NC(CCCCN)C(=O)NC(C)C(=O)NC(CCCCN)C(=O)O. The first-order valence-corrected chi connectivity index (χ1v) is 11.4. The fourth-order valence-corrected chi connectivity index (χ4v) is 2.97. The van der Waals surface area contributed by atoms with E-state index in [0.717, 1.165) is 0 Å². The molecule has 5 atom stereocenters. The van der Waals surface area contributed by atoms with Gasteiger partial charge < -0.3 is 38.3 Å². The summed E-state index contributed by atoms with van der Waals surface area (Å²) in [5.41, 5.74) is 16.9. The zero-order valence-electron chi connectivity index (χ0n) is 19.6. The number of carbonyl (C=O) groups is 4. The summed E-state index contributed by atoms with van der Waals surface area (Å²) < 4.78 is 0. The summed E-state index contributed by atoms with van der Waals surface area (Å²) in [6.07, 6.45) is 3.78. The third-order valence-corrected chi connectivity index (χ3v) is 5.45. The smallest absolute Gasteiger partial charge is 0.326 e. The Labute approximate surface area is 190 Å². The molecule has 0 aliphatic heterocycles. The Hall–Kier alpha value is -2.24. The summed E-state index contributed by atoms with van der Waals surface area (Å²) in [6, 6.07) is -3.69. The summed E-state index contributed by atoms with van der Waals surface area (Å²) in [6.45, 7) is 6.12. The van der Waals surface area contributed by atoms with E-state index >= 15 is 0 Å². The van der Waals surface area contributed by atoms with Gasteiger partial charge in [0.15, 0.2) is 0 Å². The van der Waals surface area contributed by atoms with Crippen molar-refractivity contribution in [3.8, 4) is 0 Å². The van der Waals surface area contributed by atoms with Gasteiger partial charge in [0.25, 0.3) is 0 Å². The van der Waals surface area contributed by atoms with Crippen LogP contribution < -0.4 is 33.2 Å². The lowest BCUT2D eigenvalue weighted by Gasteiger charge is -2.25. The van der Waals surface area contributed by atoms with Gasteiger partial charge >= 0.3 is 5.97 Å². The van der Waals surface area contributed by atoms with Gasteiger partial charge in [-0.15, -0.1) is 0 Å². The zero-order chi connectivity index (χ0) is 24.7. The van der Waals surface area contributed by atoms with Gasteiger partial charge in [0.1, 0.15) is 18.1 Å². The number of aliphatic carboxylic acids is 1. The second kappa shape index (κ2) is 16.4. The second-order valence-electron chi connectivity index (χ2n) is 8.17. The van der Waals surface area contributed by atoms with E-state index in [-0.39, 0.29) is 12.3 Å². The minimum atomic E-state index is -1.15. The van der Waals surface area contributed by atoms with Crippen LogP contribution in [0, 0.1) is 5.92 Å². The fraction of sp³-hybridized carbons (Fsp3) is 0.810. The van der Waals surface area contributed by atoms with Gasteiger partial charge in [0, 0.05) is 0 Å². The van der Waals surface area contributed by atoms with Crippen molar-refractivity contribution in [1.82, 2.24) is 16.0 Å². The molecular weight excluding hydrogens is 416 g/mol. The van der Waals surface area contributed by atoms with Crippen molar-refractivity contribution >= 4 is 23.7 Å². The number of hydrogen-bond acceptors (Lipinski definition) is 7. The van der Waals surface area contributed by atoms with Gasteiger partial charge in [-0.3, -0.25) is 14.4 Å². The lowest BCUT2D eigenvalue weighted by Crippen LogP contribution is -2.56. The molecule has 0 aromatic heterocycles. The molecule has 32 heavy (non-hydrogen) atoms. The van der Waals surface area contributed by atoms with E-state index < -0.39 is 47.9 Å². The highest BCUT2D eigenvalue weighted by atomic mass is 16.4. The zero-order valence-corrected chi connectivity index (χ0v) is 19.6. The van der Waals surface area contributed by atoms with Crippen molar-refractivity contribution in [2.75, 3.05) is 13.1 Å². The molecule has 0 spiro atoms. The number of unbranched alkanes of at least 4 members (excludes halogenated alkanes) is 2. The monoisotopic (exact) mass is 458 g/mol. The first-order valence-electron chi connectivity index (χ1n) is 11.4. The molecular formula is C21H42N6O5. The van der Waals surface area contributed by atoms with E-state index in [4.69, 9.17) is 17.2 Å². The molecule has 0 saturated carbocycles. The van der Waals surface area contributed by atoms with Crippen LogP contribution in [-0.4, -0.2) is 66.1 Å². The molecule has 0 aliphatic rings. The Morgan fingerprint density at radius 1 is 0.781 bits per heavy atom. The standard InChI is InChI=1S/C21H42N6O5/c1-4-13(2)17(24)20(30)26-15(9-5-7-11-22)19(29)25-14(3)18(28)27-16(21(31)32)10-6-8-12-23/h13-17H,4-12,22-24H2,1-3H3,(H,25,29)(H,26,30)(H,27,28)(H,31,32). The largest absolute Gasteiger partial charge is 0.480 e. The normalized spacial score (nSPS) is 15.7. The number of amides is 3. The number of hydrogen-bond donors (Lipinski definition) is 7. The first-order chi connectivity index (χ1) is 15.1. The van der Waals surface area contributed by atoms with Crippen molar-refractivity contribution in [3.63, 3.8) is 0 Å². The van der Waals surface area contributed by atoms with Gasteiger partial charge in [0.05, 0.1) is 6.04 Å². The summed E-state index contributed by atoms with van der Waals surface area (Å²) in [4.78, 5) is 49.1. The van der Waals surface area contributed by atoms with Gasteiger partial charge in [-0.05, 0) is 64.5 Å². The summed E-state index contributed by atoms with van der Waals surface area (Å²) in [5.74, 6) is -2.80. The minimum Gasteiger partial charge on any atom is -0.480 e. The number of carboxylic acids is 1. The first kappa shape index (κ1) is 29.8. The Kier molecular flexibility index (Phi) is 15.3. The molecule has 0 heterocycles. The number of carbonyl (C=O) groups excluding carboxylic acids is 3. The van der Waals surface area contributed by atoms with Crippen LogP contribution in [0.1, 0.15) is 65.7 Å². The second-order valence-corrected chi connectivity index (χ2v) is 8.17. The lowest BCUT2D eigenvalue weighted by atomic mass is 9.98. The molecule has 3 amide bonds. The maximum absolute atomic E-state index is 12.8. The van der Waals surface area contributed by atoms with Crippen molar-refractivity contribution in [3.05, 3.63) is 0 Å². The van der Waals surface area contributed by atoms with E-state index in [9.17, 15) is 24.3 Å². The van der Waals surface area contributed by atoms with Gasteiger partial charge in [0.2, 0.25) is 17.7 Å². The van der Waals surface area contributed by atoms with Crippen LogP contribution in [-0.2, 0) is 19.2 Å². The Morgan fingerprint density at radius 2 is 1.28 bits per heavy atom. The molecule has 5 unspecified atom stereocenters. The van der Waals surface area contributed by atoms with Crippen molar-refractivity contribution in [1.29, 1.82) is 0 Å². The van der Waals surface area contributed by atoms with Crippen molar-refractivity contribution in [2.24, 2.45) is 23.1 Å². The maximum atomic E-state index is 12.8. The van der Waals surface area contributed by atoms with Crippen LogP contribution in [0.5, 0.6) is 0 Å². The molecule has 11 nitrogen and oxygen atoms in total. The molecule has 0 aliphatic carbocycles. The predicted molar refractivity (Wildman–Crippen MR) is 122 cm³/mol. The number of carboxylic acid groups (broad SMARTS) is 1. The van der Waals surface area contributed by atoms with Crippen molar-refractivity contribution < 1.29 is 24.3 Å². The summed E-state index contributed by atoms with van der Waals surface area (Å²) in [5, 5.41) is 17.0. The van der Waals surface area contributed by atoms with Crippen LogP contribution in [0.3, 0.4) is 0 Å². The van der Waals surface area contributed by atoms with Crippen LogP contribution in [0.4, 0.5) is 0 Å². The quantitative estimate of drug-likeness (QED) is 0.137. The molecule has 0 radical (unpaired) electrons. The van der Waals surface area contributed by atoms with Crippen LogP contribution in [0.25, 0.3) is 0 Å². The average Bonchev–Trinajstić information content (AvgIpc) is 2.76. The highest BCUT2D eigenvalue weighted by Crippen LogP contribution is 2.08. The third-order valence-electron chi connectivity index (χ3n) is 5.45. The number of nitrogens with two attached hydrogens (primary N) is 3. The van der Waals surface area contributed by atoms with E-state index in [1.807, 2.05) is 13.8 Å². The van der Waals surface area contributed by atoms with Gasteiger partial charge in [-0.1, -0.05) is 20.3 Å². The Bertz CT molecular complexity index is 603. The van der Waals surface area contributed by atoms with E-state index in [2.05, 4.69) is 16.0 Å². The maximum Gasteiger partial charge on any atom is 0.326 e. The molecule has 186 valence electrons.